The van der Waals surface area contributed by atoms with Gasteiger partial charge in [-0.15, -0.1) is 0 Å². The van der Waals surface area contributed by atoms with Crippen molar-refractivity contribution < 1.29 is 4.74 Å². The molecule has 2 fully saturated rings. The van der Waals surface area contributed by atoms with Crippen LogP contribution in [0.3, 0.4) is 0 Å². The molecule has 0 atom stereocenters. The van der Waals surface area contributed by atoms with Gasteiger partial charge in [0.2, 0.25) is 0 Å². The van der Waals surface area contributed by atoms with Crippen molar-refractivity contribution in [2.75, 3.05) is 13.2 Å². The summed E-state index contributed by atoms with van der Waals surface area (Å²) in [6, 6.07) is 10.00. The summed E-state index contributed by atoms with van der Waals surface area (Å²) in [5.74, 6) is 3.71. The lowest BCUT2D eigenvalue weighted by Gasteiger charge is -2.16. The van der Waals surface area contributed by atoms with Gasteiger partial charge in [-0.25, -0.2) is 0 Å². The Bertz CT molecular complexity index is 457. The maximum absolute atomic E-state index is 8.46. The Morgan fingerprint density at radius 2 is 1.80 bits per heavy atom. The maximum atomic E-state index is 8.46. The van der Waals surface area contributed by atoms with E-state index in [2.05, 4.69) is 17.4 Å². The molecular weight excluding hydrogens is 248 g/mol. The van der Waals surface area contributed by atoms with E-state index in [0.29, 0.717) is 0 Å². The fourth-order valence-corrected chi connectivity index (χ4v) is 2.97. The van der Waals surface area contributed by atoms with Gasteiger partial charge >= 0.3 is 0 Å². The van der Waals surface area contributed by atoms with Gasteiger partial charge in [0, 0.05) is 6.54 Å². The third-order valence-corrected chi connectivity index (χ3v) is 4.39. The Morgan fingerprint density at radius 3 is 2.35 bits per heavy atom. The molecule has 106 valence electrons. The smallest absolute Gasteiger partial charge is 0.174 e. The van der Waals surface area contributed by atoms with Crippen LogP contribution in [-0.4, -0.2) is 13.2 Å². The van der Waals surface area contributed by atoms with E-state index in [1.165, 1.54) is 37.8 Å². The molecule has 1 aromatic carbocycles. The molecule has 3 nitrogen and oxygen atoms in total. The van der Waals surface area contributed by atoms with Crippen LogP contribution in [0.15, 0.2) is 24.3 Å². The molecule has 3 rings (SSSR count). The van der Waals surface area contributed by atoms with Crippen LogP contribution in [0.1, 0.15) is 31.2 Å². The highest BCUT2D eigenvalue weighted by Crippen LogP contribution is 2.48. The van der Waals surface area contributed by atoms with Gasteiger partial charge in [0.25, 0.3) is 0 Å². The molecule has 3 heteroatoms. The van der Waals surface area contributed by atoms with Gasteiger partial charge in [-0.2, -0.15) is 5.26 Å². The molecule has 0 aromatic heterocycles. The highest BCUT2D eigenvalue weighted by Gasteiger charge is 2.40. The van der Waals surface area contributed by atoms with Gasteiger partial charge in [-0.05, 0) is 67.7 Å². The average molecular weight is 270 g/mol. The second-order valence-electron chi connectivity index (χ2n) is 6.06. The number of ether oxygens (including phenoxy) is 1. The van der Waals surface area contributed by atoms with Gasteiger partial charge in [-0.3, -0.25) is 0 Å². The monoisotopic (exact) mass is 270 g/mol. The molecule has 0 unspecified atom stereocenters. The van der Waals surface area contributed by atoms with E-state index in [1.54, 1.807) is 0 Å². The molecule has 2 aliphatic rings. The van der Waals surface area contributed by atoms with Crippen molar-refractivity contribution in [3.63, 3.8) is 0 Å². The van der Waals surface area contributed by atoms with Gasteiger partial charge < -0.3 is 10.1 Å². The Morgan fingerprint density at radius 1 is 1.15 bits per heavy atom. The summed E-state index contributed by atoms with van der Waals surface area (Å²) in [5.41, 5.74) is 1.28. The van der Waals surface area contributed by atoms with E-state index in [9.17, 15) is 0 Å². The summed E-state index contributed by atoms with van der Waals surface area (Å²) < 4.78 is 5.25. The fraction of sp³-hybridized carbons (Fsp3) is 0.588. The summed E-state index contributed by atoms with van der Waals surface area (Å²) in [5, 5.41) is 12.1. The Labute approximate surface area is 120 Å². The van der Waals surface area contributed by atoms with E-state index >= 15 is 0 Å². The van der Waals surface area contributed by atoms with Gasteiger partial charge in [-0.1, -0.05) is 12.1 Å². The van der Waals surface area contributed by atoms with E-state index in [4.69, 9.17) is 10.00 Å². The van der Waals surface area contributed by atoms with Crippen molar-refractivity contribution in [1.29, 1.82) is 5.26 Å². The van der Waals surface area contributed by atoms with Crippen molar-refractivity contribution in [3.8, 4) is 11.8 Å². The number of nitrogens with zero attached hydrogens (tertiary/aromatic N) is 1. The lowest BCUT2D eigenvalue weighted by Crippen LogP contribution is -2.25. The van der Waals surface area contributed by atoms with Crippen LogP contribution in [0.4, 0.5) is 0 Å². The molecule has 0 spiro atoms. The predicted octanol–water partition coefficient (Wildman–Crippen LogP) is 3.11. The molecule has 0 heterocycles. The van der Waals surface area contributed by atoms with Crippen molar-refractivity contribution in [1.82, 2.24) is 5.32 Å². The molecule has 20 heavy (non-hydrogen) atoms. The second kappa shape index (κ2) is 6.28. The number of benzene rings is 1. The predicted molar refractivity (Wildman–Crippen MR) is 78.2 cm³/mol. The molecule has 2 saturated carbocycles. The zero-order valence-corrected chi connectivity index (χ0v) is 11.8. The summed E-state index contributed by atoms with van der Waals surface area (Å²) >= 11 is 0. The van der Waals surface area contributed by atoms with Crippen LogP contribution >= 0.6 is 0 Å². The number of rotatable bonds is 8. The van der Waals surface area contributed by atoms with E-state index < -0.39 is 0 Å². The Hall–Kier alpha value is -1.53. The maximum Gasteiger partial charge on any atom is 0.174 e. The zero-order chi connectivity index (χ0) is 13.8. The van der Waals surface area contributed by atoms with Crippen LogP contribution in [0.2, 0.25) is 0 Å². The first kappa shape index (κ1) is 13.5. The van der Waals surface area contributed by atoms with Crippen molar-refractivity contribution in [2.24, 2.45) is 17.8 Å². The number of hydrogen-bond acceptors (Lipinski definition) is 3. The van der Waals surface area contributed by atoms with Crippen LogP contribution < -0.4 is 10.1 Å². The molecule has 1 N–H and O–H groups in total. The minimum absolute atomic E-state index is 0.113. The van der Waals surface area contributed by atoms with E-state index in [1.807, 2.05) is 18.2 Å². The van der Waals surface area contributed by atoms with Gasteiger partial charge in [0.05, 0.1) is 0 Å². The first-order chi connectivity index (χ1) is 9.86. The molecule has 0 bridgehead atoms. The quantitative estimate of drug-likeness (QED) is 0.789. The van der Waals surface area contributed by atoms with E-state index in [-0.39, 0.29) is 6.61 Å². The summed E-state index contributed by atoms with van der Waals surface area (Å²) in [6.07, 6.45) is 5.81. The third kappa shape index (κ3) is 3.74. The Balaban J connectivity index is 1.42. The normalized spacial score (nSPS) is 18.0. The van der Waals surface area contributed by atoms with Crippen molar-refractivity contribution in [2.45, 2.75) is 32.2 Å². The fourth-order valence-electron chi connectivity index (χ4n) is 2.97. The highest BCUT2D eigenvalue weighted by atomic mass is 16.5. The zero-order valence-electron chi connectivity index (χ0n) is 11.8. The first-order valence-electron chi connectivity index (χ1n) is 7.66. The molecule has 0 aliphatic heterocycles. The number of nitriles is 1. The van der Waals surface area contributed by atoms with Gasteiger partial charge in [0.1, 0.15) is 11.8 Å². The minimum atomic E-state index is 0.113. The van der Waals surface area contributed by atoms with Crippen LogP contribution in [0.25, 0.3) is 0 Å². The molecule has 2 aliphatic carbocycles. The summed E-state index contributed by atoms with van der Waals surface area (Å²) in [4.78, 5) is 0. The van der Waals surface area contributed by atoms with Crippen LogP contribution in [-0.2, 0) is 6.54 Å². The van der Waals surface area contributed by atoms with Gasteiger partial charge in [0.15, 0.2) is 6.61 Å². The minimum Gasteiger partial charge on any atom is -0.479 e. The van der Waals surface area contributed by atoms with Crippen LogP contribution in [0.5, 0.6) is 5.75 Å². The SMILES string of the molecule is N#CCOc1ccc(CNCC(C2CC2)C2CC2)cc1. The lowest BCUT2D eigenvalue weighted by atomic mass is 9.98. The molecular formula is C17H22N2O. The highest BCUT2D eigenvalue weighted by molar-refractivity contribution is 5.27. The van der Waals surface area contributed by atoms with E-state index in [0.717, 1.165) is 30.0 Å². The third-order valence-electron chi connectivity index (χ3n) is 4.39. The summed E-state index contributed by atoms with van der Waals surface area (Å²) in [6.45, 7) is 2.21. The molecule has 0 saturated heterocycles. The molecule has 0 radical (unpaired) electrons. The topological polar surface area (TPSA) is 45.0 Å². The van der Waals surface area contributed by atoms with Crippen LogP contribution in [0, 0.1) is 29.1 Å². The first-order valence-corrected chi connectivity index (χ1v) is 7.66. The second-order valence-corrected chi connectivity index (χ2v) is 6.06. The molecule has 1 aromatic rings. The summed E-state index contributed by atoms with van der Waals surface area (Å²) in [7, 11) is 0. The van der Waals surface area contributed by atoms with Crippen molar-refractivity contribution >= 4 is 0 Å². The largest absolute Gasteiger partial charge is 0.479 e. The number of hydrogen-bond donors (Lipinski definition) is 1. The number of nitrogens with one attached hydrogen (secondary N) is 1. The Kier molecular flexibility index (Phi) is 4.22. The van der Waals surface area contributed by atoms with Crippen molar-refractivity contribution in [3.05, 3.63) is 29.8 Å². The molecule has 0 amide bonds. The lowest BCUT2D eigenvalue weighted by molar-refractivity contribution is 0.367. The standard InChI is InChI=1S/C17H22N2O/c18-9-10-20-16-7-1-13(2-8-16)11-19-12-17(14-3-4-14)15-5-6-15/h1-2,7-8,14-15,17,19H,3-6,10-12H2. The average Bonchev–Trinajstić information content (AvgIpc) is 3.36.